The standard InChI is InChI=1S/C15H18N4O/c1-11-6-5-9-17-13(11)10-19(2)14-8-4-3-7-12(14)15(16)18-20/h3-9,20H,10H2,1-2H3,(H2,16,18). The number of nitrogens with two attached hydrogens (primary N) is 1. The van der Waals surface area contributed by atoms with Crippen molar-refractivity contribution in [2.75, 3.05) is 11.9 Å². The maximum Gasteiger partial charge on any atom is 0.172 e. The van der Waals surface area contributed by atoms with Crippen LogP contribution in [0.25, 0.3) is 0 Å². The molecule has 0 unspecified atom stereocenters. The van der Waals surface area contributed by atoms with Crippen LogP contribution in [0.3, 0.4) is 0 Å². The fourth-order valence-electron chi connectivity index (χ4n) is 2.07. The molecule has 0 aliphatic carbocycles. The van der Waals surface area contributed by atoms with Gasteiger partial charge < -0.3 is 15.8 Å². The largest absolute Gasteiger partial charge is 0.409 e. The first kappa shape index (κ1) is 13.9. The predicted molar refractivity (Wildman–Crippen MR) is 80.0 cm³/mol. The van der Waals surface area contributed by atoms with E-state index in [1.165, 1.54) is 0 Å². The number of hydrogen-bond donors (Lipinski definition) is 2. The highest BCUT2D eigenvalue weighted by molar-refractivity contribution is 6.02. The van der Waals surface area contributed by atoms with Crippen molar-refractivity contribution in [3.8, 4) is 0 Å². The highest BCUT2D eigenvalue weighted by Gasteiger charge is 2.12. The molecule has 2 rings (SSSR count). The molecular formula is C15H18N4O. The summed E-state index contributed by atoms with van der Waals surface area (Å²) in [5.74, 6) is 0.102. The van der Waals surface area contributed by atoms with Gasteiger partial charge in [0.2, 0.25) is 0 Å². The number of hydrogen-bond acceptors (Lipinski definition) is 4. The summed E-state index contributed by atoms with van der Waals surface area (Å²) in [5, 5.41) is 11.9. The van der Waals surface area contributed by atoms with Gasteiger partial charge in [0.05, 0.1) is 12.2 Å². The Balaban J connectivity index is 2.30. The second kappa shape index (κ2) is 6.06. The van der Waals surface area contributed by atoms with Gasteiger partial charge in [0, 0.05) is 24.5 Å². The second-order valence-electron chi connectivity index (χ2n) is 4.63. The number of aromatic nitrogens is 1. The summed E-state index contributed by atoms with van der Waals surface area (Å²) in [6, 6.07) is 11.5. The van der Waals surface area contributed by atoms with E-state index in [1.807, 2.05) is 55.3 Å². The minimum absolute atomic E-state index is 0.102. The first-order valence-corrected chi connectivity index (χ1v) is 6.32. The Hall–Kier alpha value is -2.56. The van der Waals surface area contributed by atoms with Gasteiger partial charge in [-0.1, -0.05) is 23.4 Å². The van der Waals surface area contributed by atoms with Crippen molar-refractivity contribution < 1.29 is 5.21 Å². The van der Waals surface area contributed by atoms with Gasteiger partial charge in [-0.05, 0) is 30.7 Å². The normalized spacial score (nSPS) is 11.4. The summed E-state index contributed by atoms with van der Waals surface area (Å²) < 4.78 is 0. The van der Waals surface area contributed by atoms with Crippen LogP contribution in [-0.2, 0) is 6.54 Å². The monoisotopic (exact) mass is 270 g/mol. The highest BCUT2D eigenvalue weighted by Crippen LogP contribution is 2.21. The quantitative estimate of drug-likeness (QED) is 0.386. The van der Waals surface area contributed by atoms with Crippen LogP contribution in [0, 0.1) is 6.92 Å². The maximum atomic E-state index is 8.86. The molecule has 1 aromatic carbocycles. The minimum atomic E-state index is 0.102. The second-order valence-corrected chi connectivity index (χ2v) is 4.63. The number of rotatable bonds is 4. The lowest BCUT2D eigenvalue weighted by Crippen LogP contribution is -2.23. The molecule has 0 aliphatic heterocycles. The molecule has 0 spiro atoms. The molecule has 1 heterocycles. The van der Waals surface area contributed by atoms with Crippen molar-refractivity contribution in [2.45, 2.75) is 13.5 Å². The van der Waals surface area contributed by atoms with Crippen molar-refractivity contribution in [1.82, 2.24) is 4.98 Å². The fraction of sp³-hybridized carbons (Fsp3) is 0.200. The Morgan fingerprint density at radius 1 is 1.30 bits per heavy atom. The van der Waals surface area contributed by atoms with Crippen LogP contribution in [0.2, 0.25) is 0 Å². The Morgan fingerprint density at radius 3 is 2.75 bits per heavy atom. The molecule has 20 heavy (non-hydrogen) atoms. The summed E-state index contributed by atoms with van der Waals surface area (Å²) in [7, 11) is 1.96. The molecule has 2 aromatic rings. The molecule has 104 valence electrons. The van der Waals surface area contributed by atoms with Gasteiger partial charge in [0.25, 0.3) is 0 Å². The molecule has 3 N–H and O–H groups in total. The first-order valence-electron chi connectivity index (χ1n) is 6.32. The van der Waals surface area contributed by atoms with E-state index in [0.717, 1.165) is 16.9 Å². The number of benzene rings is 1. The lowest BCUT2D eigenvalue weighted by Gasteiger charge is -2.22. The van der Waals surface area contributed by atoms with Gasteiger partial charge in [-0.2, -0.15) is 0 Å². The number of pyridine rings is 1. The van der Waals surface area contributed by atoms with Crippen LogP contribution in [0.5, 0.6) is 0 Å². The number of aryl methyl sites for hydroxylation is 1. The summed E-state index contributed by atoms with van der Waals surface area (Å²) in [6.07, 6.45) is 1.78. The van der Waals surface area contributed by atoms with Crippen molar-refractivity contribution in [2.24, 2.45) is 10.9 Å². The van der Waals surface area contributed by atoms with Crippen molar-refractivity contribution >= 4 is 11.5 Å². The Labute approximate surface area is 118 Å². The highest BCUT2D eigenvalue weighted by atomic mass is 16.4. The maximum absolute atomic E-state index is 8.86. The Kier molecular flexibility index (Phi) is 4.20. The summed E-state index contributed by atoms with van der Waals surface area (Å²) in [5.41, 5.74) is 9.45. The van der Waals surface area contributed by atoms with Gasteiger partial charge in [-0.25, -0.2) is 0 Å². The minimum Gasteiger partial charge on any atom is -0.409 e. The molecule has 0 fully saturated rings. The number of anilines is 1. The Bertz CT molecular complexity index is 625. The van der Waals surface area contributed by atoms with Gasteiger partial charge in [-0.15, -0.1) is 0 Å². The predicted octanol–water partition coefficient (Wildman–Crippen LogP) is 2.12. The summed E-state index contributed by atoms with van der Waals surface area (Å²) in [6.45, 7) is 2.69. The van der Waals surface area contributed by atoms with E-state index in [2.05, 4.69) is 10.1 Å². The zero-order valence-corrected chi connectivity index (χ0v) is 11.6. The van der Waals surface area contributed by atoms with E-state index in [1.54, 1.807) is 6.20 Å². The van der Waals surface area contributed by atoms with Gasteiger partial charge in [0.1, 0.15) is 0 Å². The molecule has 0 atom stereocenters. The average Bonchev–Trinajstić information content (AvgIpc) is 2.48. The number of oxime groups is 1. The van der Waals surface area contributed by atoms with Crippen molar-refractivity contribution in [3.63, 3.8) is 0 Å². The van der Waals surface area contributed by atoms with Crippen LogP contribution < -0.4 is 10.6 Å². The van der Waals surface area contributed by atoms with E-state index in [4.69, 9.17) is 10.9 Å². The third-order valence-corrected chi connectivity index (χ3v) is 3.20. The van der Waals surface area contributed by atoms with Gasteiger partial charge in [0.15, 0.2) is 5.84 Å². The Morgan fingerprint density at radius 2 is 2.05 bits per heavy atom. The van der Waals surface area contributed by atoms with Gasteiger partial charge >= 0.3 is 0 Å². The number of amidine groups is 1. The van der Waals surface area contributed by atoms with Crippen molar-refractivity contribution in [1.29, 1.82) is 0 Å². The topological polar surface area (TPSA) is 74.7 Å². The van der Waals surface area contributed by atoms with Crippen LogP contribution >= 0.6 is 0 Å². The van der Waals surface area contributed by atoms with Crippen LogP contribution in [0.15, 0.2) is 47.8 Å². The summed E-state index contributed by atoms with van der Waals surface area (Å²) in [4.78, 5) is 6.42. The molecule has 0 radical (unpaired) electrons. The first-order chi connectivity index (χ1) is 9.63. The van der Waals surface area contributed by atoms with Crippen LogP contribution in [-0.4, -0.2) is 23.1 Å². The van der Waals surface area contributed by atoms with Crippen LogP contribution in [0.4, 0.5) is 5.69 Å². The molecular weight excluding hydrogens is 252 g/mol. The van der Waals surface area contributed by atoms with E-state index in [0.29, 0.717) is 12.1 Å². The van der Waals surface area contributed by atoms with E-state index >= 15 is 0 Å². The fourth-order valence-corrected chi connectivity index (χ4v) is 2.07. The van der Waals surface area contributed by atoms with E-state index < -0.39 is 0 Å². The van der Waals surface area contributed by atoms with Crippen molar-refractivity contribution in [3.05, 3.63) is 59.4 Å². The molecule has 5 nitrogen and oxygen atoms in total. The third-order valence-electron chi connectivity index (χ3n) is 3.20. The molecule has 5 heteroatoms. The zero-order valence-electron chi connectivity index (χ0n) is 11.6. The summed E-state index contributed by atoms with van der Waals surface area (Å²) >= 11 is 0. The van der Waals surface area contributed by atoms with Gasteiger partial charge in [-0.3, -0.25) is 4.98 Å². The molecule has 0 aliphatic rings. The zero-order chi connectivity index (χ0) is 14.5. The molecule has 1 aromatic heterocycles. The molecule has 0 amide bonds. The average molecular weight is 270 g/mol. The van der Waals surface area contributed by atoms with E-state index in [9.17, 15) is 0 Å². The SMILES string of the molecule is Cc1cccnc1CN(C)c1ccccc1/C(N)=N/O. The number of nitrogens with zero attached hydrogens (tertiary/aromatic N) is 3. The third kappa shape index (κ3) is 2.88. The van der Waals surface area contributed by atoms with E-state index in [-0.39, 0.29) is 5.84 Å². The number of para-hydroxylation sites is 1. The lowest BCUT2D eigenvalue weighted by atomic mass is 10.1. The van der Waals surface area contributed by atoms with Crippen LogP contribution in [0.1, 0.15) is 16.8 Å². The smallest absolute Gasteiger partial charge is 0.172 e. The molecule has 0 saturated carbocycles. The lowest BCUT2D eigenvalue weighted by molar-refractivity contribution is 0.318. The molecule has 0 saturated heterocycles. The molecule has 0 bridgehead atoms.